The van der Waals surface area contributed by atoms with Gasteiger partial charge in [-0.1, -0.05) is 0 Å². The number of thioether (sulfide) groups is 1. The molecule has 1 atom stereocenters. The van der Waals surface area contributed by atoms with Gasteiger partial charge in [-0.15, -0.1) is 11.3 Å². The molecule has 0 amide bonds. The van der Waals surface area contributed by atoms with Crippen molar-refractivity contribution in [3.05, 3.63) is 17.0 Å². The second-order valence-corrected chi connectivity index (χ2v) is 11.4. The van der Waals surface area contributed by atoms with Crippen molar-refractivity contribution in [3.63, 3.8) is 0 Å². The van der Waals surface area contributed by atoms with E-state index in [9.17, 15) is 8.42 Å². The Morgan fingerprint density at radius 3 is 2.71 bits per heavy atom. The molecule has 6 nitrogen and oxygen atoms in total. The van der Waals surface area contributed by atoms with Crippen LogP contribution in [0, 0.1) is 0 Å². The minimum atomic E-state index is -3.35. The van der Waals surface area contributed by atoms with Gasteiger partial charge >= 0.3 is 0 Å². The average Bonchev–Trinajstić information content (AvgIpc) is 3.17. The molecule has 0 radical (unpaired) electrons. The predicted molar refractivity (Wildman–Crippen MR) is 103 cm³/mol. The van der Waals surface area contributed by atoms with Gasteiger partial charge in [-0.05, 0) is 37.7 Å². The third kappa shape index (κ3) is 4.87. The molecule has 0 bridgehead atoms. The molecule has 24 heavy (non-hydrogen) atoms. The first-order valence-electron chi connectivity index (χ1n) is 7.86. The lowest BCUT2D eigenvalue weighted by Crippen LogP contribution is -2.43. The Labute approximate surface area is 153 Å². The number of sulfonamides is 1. The molecule has 1 aromatic heterocycles. The lowest BCUT2D eigenvalue weighted by Gasteiger charge is -2.24. The van der Waals surface area contributed by atoms with Crippen LogP contribution in [0.25, 0.3) is 0 Å². The van der Waals surface area contributed by atoms with Gasteiger partial charge < -0.3 is 10.6 Å². The minimum Gasteiger partial charge on any atom is -0.355 e. The molecule has 1 unspecified atom stereocenters. The van der Waals surface area contributed by atoms with Gasteiger partial charge in [0.05, 0.1) is 6.54 Å². The van der Waals surface area contributed by atoms with E-state index in [1.54, 1.807) is 27.2 Å². The molecule has 1 aliphatic rings. The molecule has 2 rings (SSSR count). The summed E-state index contributed by atoms with van der Waals surface area (Å²) >= 11 is 3.29. The number of nitrogens with zero attached hydrogens (tertiary/aromatic N) is 2. The molecule has 9 heteroatoms. The Morgan fingerprint density at radius 2 is 2.12 bits per heavy atom. The third-order valence-electron chi connectivity index (χ3n) is 3.96. The van der Waals surface area contributed by atoms with Crippen LogP contribution in [0.1, 0.15) is 24.6 Å². The third-order valence-corrected chi connectivity index (χ3v) is 8.86. The summed E-state index contributed by atoms with van der Waals surface area (Å²) in [4.78, 5) is 5.20. The van der Waals surface area contributed by atoms with E-state index in [1.165, 1.54) is 34.2 Å². The van der Waals surface area contributed by atoms with Gasteiger partial charge in [0.25, 0.3) is 10.0 Å². The first-order valence-corrected chi connectivity index (χ1v) is 11.1. The predicted octanol–water partition coefficient (Wildman–Crippen LogP) is 1.95. The zero-order chi connectivity index (χ0) is 17.8. The molecule has 1 saturated heterocycles. The van der Waals surface area contributed by atoms with Gasteiger partial charge in [0.15, 0.2) is 5.96 Å². The second-order valence-electron chi connectivity index (χ2n) is 6.19. The molecule has 0 aliphatic carbocycles. The molecule has 0 saturated carbocycles. The highest BCUT2D eigenvalue weighted by Gasteiger charge is 2.29. The smallest absolute Gasteiger partial charge is 0.252 e. The lowest BCUT2D eigenvalue weighted by molar-refractivity contribution is 0.523. The van der Waals surface area contributed by atoms with E-state index in [-0.39, 0.29) is 4.75 Å². The normalized spacial score (nSPS) is 22.1. The largest absolute Gasteiger partial charge is 0.355 e. The summed E-state index contributed by atoms with van der Waals surface area (Å²) in [6, 6.07) is 3.50. The van der Waals surface area contributed by atoms with Crippen LogP contribution < -0.4 is 10.6 Å². The van der Waals surface area contributed by atoms with Crippen LogP contribution in [0.5, 0.6) is 0 Å². The number of hydrogen-bond donors (Lipinski definition) is 2. The maximum Gasteiger partial charge on any atom is 0.252 e. The number of rotatable bonds is 6. The zero-order valence-corrected chi connectivity index (χ0v) is 17.1. The summed E-state index contributed by atoms with van der Waals surface area (Å²) in [6.45, 7) is 3.71. The standard InChI is InChI=1S/C15H26N4O2S3/c1-15(8-5-9-22-15)11-18-14(16-2)17-10-12-6-7-13(23-12)24(20,21)19(3)4/h6-7H,5,8-11H2,1-4H3,(H2,16,17,18). The van der Waals surface area contributed by atoms with Gasteiger partial charge in [0, 0.05) is 37.3 Å². The SMILES string of the molecule is CN=C(NCc1ccc(S(=O)(=O)N(C)C)s1)NCC1(C)CCCS1. The van der Waals surface area contributed by atoms with Crippen LogP contribution in [-0.4, -0.2) is 56.9 Å². The van der Waals surface area contributed by atoms with E-state index in [2.05, 4.69) is 22.5 Å². The number of guanidine groups is 1. The topological polar surface area (TPSA) is 73.8 Å². The van der Waals surface area contributed by atoms with Crippen molar-refractivity contribution < 1.29 is 8.42 Å². The Bertz CT molecular complexity index is 677. The number of hydrogen-bond acceptors (Lipinski definition) is 5. The molecule has 2 N–H and O–H groups in total. The van der Waals surface area contributed by atoms with Crippen molar-refractivity contribution in [3.8, 4) is 0 Å². The molecule has 2 heterocycles. The van der Waals surface area contributed by atoms with Crippen molar-refractivity contribution >= 4 is 39.1 Å². The summed E-state index contributed by atoms with van der Waals surface area (Å²) in [5, 5.41) is 6.63. The maximum atomic E-state index is 12.1. The van der Waals surface area contributed by atoms with Crippen LogP contribution in [0.2, 0.25) is 0 Å². The average molecular weight is 391 g/mol. The van der Waals surface area contributed by atoms with Crippen molar-refractivity contribution in [2.24, 2.45) is 4.99 Å². The summed E-state index contributed by atoms with van der Waals surface area (Å²) in [7, 11) is 1.48. The fourth-order valence-electron chi connectivity index (χ4n) is 2.41. The van der Waals surface area contributed by atoms with Gasteiger partial charge in [0.2, 0.25) is 0 Å². The van der Waals surface area contributed by atoms with Gasteiger partial charge in [-0.2, -0.15) is 11.8 Å². The summed E-state index contributed by atoms with van der Waals surface area (Å²) in [6.07, 6.45) is 2.49. The van der Waals surface area contributed by atoms with Crippen LogP contribution in [0.3, 0.4) is 0 Å². The Hall–Kier alpha value is -0.770. The molecule has 1 fully saturated rings. The number of aliphatic imine (C=N–C) groups is 1. The molecule has 0 aromatic carbocycles. The molecule has 136 valence electrons. The molecule has 1 aliphatic heterocycles. The Balaban J connectivity index is 1.89. The van der Waals surface area contributed by atoms with Gasteiger partial charge in [-0.3, -0.25) is 4.99 Å². The van der Waals surface area contributed by atoms with E-state index < -0.39 is 10.0 Å². The Morgan fingerprint density at radius 1 is 1.38 bits per heavy atom. The van der Waals surface area contributed by atoms with E-state index in [0.29, 0.717) is 10.8 Å². The van der Waals surface area contributed by atoms with E-state index in [1.807, 2.05) is 17.8 Å². The quantitative estimate of drug-likeness (QED) is 0.574. The molecule has 1 aromatic rings. The van der Waals surface area contributed by atoms with E-state index in [0.717, 1.165) is 17.4 Å². The fourth-order valence-corrected chi connectivity index (χ4v) is 6.12. The molecular formula is C15H26N4O2S3. The van der Waals surface area contributed by atoms with Crippen molar-refractivity contribution in [2.45, 2.75) is 35.3 Å². The van der Waals surface area contributed by atoms with Crippen LogP contribution in [0.15, 0.2) is 21.3 Å². The molecular weight excluding hydrogens is 364 g/mol. The second kappa shape index (κ2) is 8.07. The Kier molecular flexibility index (Phi) is 6.58. The maximum absolute atomic E-state index is 12.1. The zero-order valence-electron chi connectivity index (χ0n) is 14.6. The summed E-state index contributed by atoms with van der Waals surface area (Å²) in [5.74, 6) is 1.97. The highest BCUT2D eigenvalue weighted by molar-refractivity contribution is 8.00. The first-order chi connectivity index (χ1) is 11.3. The highest BCUT2D eigenvalue weighted by Crippen LogP contribution is 2.36. The van der Waals surface area contributed by atoms with Crippen LogP contribution >= 0.6 is 23.1 Å². The summed E-state index contributed by atoms with van der Waals surface area (Å²) < 4.78 is 26.1. The van der Waals surface area contributed by atoms with E-state index >= 15 is 0 Å². The lowest BCUT2D eigenvalue weighted by atomic mass is 10.1. The number of nitrogens with one attached hydrogen (secondary N) is 2. The first kappa shape index (κ1) is 19.6. The minimum absolute atomic E-state index is 0.271. The highest BCUT2D eigenvalue weighted by atomic mass is 32.2. The van der Waals surface area contributed by atoms with Crippen molar-refractivity contribution in [2.75, 3.05) is 33.4 Å². The van der Waals surface area contributed by atoms with Crippen molar-refractivity contribution in [1.29, 1.82) is 0 Å². The van der Waals surface area contributed by atoms with Gasteiger partial charge in [-0.25, -0.2) is 12.7 Å². The van der Waals surface area contributed by atoms with Gasteiger partial charge in [0.1, 0.15) is 4.21 Å². The monoisotopic (exact) mass is 390 g/mol. The van der Waals surface area contributed by atoms with Crippen LogP contribution in [0.4, 0.5) is 0 Å². The summed E-state index contributed by atoms with van der Waals surface area (Å²) in [5.41, 5.74) is 0. The van der Waals surface area contributed by atoms with E-state index in [4.69, 9.17) is 0 Å². The number of thiophene rings is 1. The van der Waals surface area contributed by atoms with Crippen molar-refractivity contribution in [1.82, 2.24) is 14.9 Å². The molecule has 0 spiro atoms. The fraction of sp³-hybridized carbons (Fsp3) is 0.667. The van der Waals surface area contributed by atoms with Crippen LogP contribution in [-0.2, 0) is 16.6 Å².